The van der Waals surface area contributed by atoms with E-state index in [-0.39, 0.29) is 47.1 Å². The van der Waals surface area contributed by atoms with E-state index in [4.69, 9.17) is 9.47 Å². The zero-order valence-corrected chi connectivity index (χ0v) is 15.1. The third-order valence-corrected chi connectivity index (χ3v) is 7.44. The van der Waals surface area contributed by atoms with Gasteiger partial charge in [-0.1, -0.05) is 32.9 Å². The minimum absolute atomic E-state index is 0.00937. The van der Waals surface area contributed by atoms with E-state index in [9.17, 15) is 9.59 Å². The Bertz CT molecular complexity index is 690. The SMILES string of the molecule is C=C[C@H]1C(C)(C)C(=O)[C@@H]2C[C@@]1(C)[C@H]1[C@@H]3OC(=O)/C(=C\C)[C@@H]3O[C@]12C. The fourth-order valence-corrected chi connectivity index (χ4v) is 6.64. The van der Waals surface area contributed by atoms with Crippen LogP contribution in [0.5, 0.6) is 0 Å². The van der Waals surface area contributed by atoms with Crippen molar-refractivity contribution in [1.29, 1.82) is 0 Å². The molecule has 24 heavy (non-hydrogen) atoms. The highest BCUT2D eigenvalue weighted by atomic mass is 16.6. The van der Waals surface area contributed by atoms with E-state index >= 15 is 0 Å². The molecule has 0 radical (unpaired) electrons. The van der Waals surface area contributed by atoms with E-state index in [0.717, 1.165) is 6.42 Å². The van der Waals surface area contributed by atoms with Crippen molar-refractivity contribution in [2.45, 2.75) is 58.8 Å². The molecule has 130 valence electrons. The number of hydrogen-bond acceptors (Lipinski definition) is 4. The topological polar surface area (TPSA) is 52.6 Å². The molecule has 0 aromatic heterocycles. The molecule has 0 aromatic rings. The van der Waals surface area contributed by atoms with Crippen molar-refractivity contribution in [3.63, 3.8) is 0 Å². The van der Waals surface area contributed by atoms with Crippen LogP contribution in [0, 0.1) is 28.6 Å². The number of ketones is 1. The predicted molar refractivity (Wildman–Crippen MR) is 89.1 cm³/mol. The summed E-state index contributed by atoms with van der Waals surface area (Å²) in [6, 6.07) is 0. The molecule has 2 aliphatic heterocycles. The molecule has 0 aromatic carbocycles. The van der Waals surface area contributed by atoms with E-state index in [1.165, 1.54) is 0 Å². The molecule has 7 atom stereocenters. The lowest BCUT2D eigenvalue weighted by atomic mass is 9.54. The third-order valence-electron chi connectivity index (χ3n) is 7.44. The largest absolute Gasteiger partial charge is 0.455 e. The molecule has 0 amide bonds. The molecule has 4 rings (SSSR count). The highest BCUT2D eigenvalue weighted by Gasteiger charge is 2.77. The molecule has 2 saturated heterocycles. The Labute approximate surface area is 143 Å². The van der Waals surface area contributed by atoms with Gasteiger partial charge < -0.3 is 9.47 Å². The van der Waals surface area contributed by atoms with Crippen LogP contribution < -0.4 is 0 Å². The summed E-state index contributed by atoms with van der Waals surface area (Å²) in [5.74, 6) is -0.129. The lowest BCUT2D eigenvalue weighted by Gasteiger charge is -2.48. The number of esters is 1. The van der Waals surface area contributed by atoms with Gasteiger partial charge in [0, 0.05) is 17.3 Å². The molecule has 4 fully saturated rings. The summed E-state index contributed by atoms with van der Waals surface area (Å²) < 4.78 is 12.2. The molecule has 4 heteroatoms. The van der Waals surface area contributed by atoms with Crippen LogP contribution in [0.2, 0.25) is 0 Å². The fraction of sp³-hybridized carbons (Fsp3) is 0.700. The van der Waals surface area contributed by atoms with Crippen LogP contribution in [0.3, 0.4) is 0 Å². The Kier molecular flexibility index (Phi) is 2.95. The smallest absolute Gasteiger partial charge is 0.336 e. The summed E-state index contributed by atoms with van der Waals surface area (Å²) in [6.45, 7) is 14.2. The normalized spacial score (nSPS) is 53.0. The van der Waals surface area contributed by atoms with Crippen LogP contribution in [0.15, 0.2) is 24.3 Å². The molecule has 2 aliphatic carbocycles. The Hall–Kier alpha value is -1.42. The Morgan fingerprint density at radius 2 is 1.88 bits per heavy atom. The van der Waals surface area contributed by atoms with Crippen LogP contribution in [0.1, 0.15) is 41.0 Å². The second-order valence-corrected chi connectivity index (χ2v) is 8.88. The van der Waals surface area contributed by atoms with Gasteiger partial charge in [0.15, 0.2) is 0 Å². The minimum Gasteiger partial charge on any atom is -0.455 e. The van der Waals surface area contributed by atoms with E-state index in [1.54, 1.807) is 6.08 Å². The van der Waals surface area contributed by atoms with Crippen molar-refractivity contribution in [3.05, 3.63) is 24.3 Å². The standard InChI is InChI=1S/C20H26O4/c1-7-10-13-14(23-17(10)22)15-19(5)9-11(20(15,6)24-13)16(21)18(3,4)12(19)8-2/h7-8,11-15H,2,9H2,1,3-6H3/b10-7-/t11-,12-,13-,14+,15+,19+,20-/m0/s1. The summed E-state index contributed by atoms with van der Waals surface area (Å²) >= 11 is 0. The second kappa shape index (κ2) is 4.40. The Morgan fingerprint density at radius 1 is 1.21 bits per heavy atom. The molecular formula is C20H26O4. The molecule has 0 unspecified atom stereocenters. The summed E-state index contributed by atoms with van der Waals surface area (Å²) in [7, 11) is 0. The summed E-state index contributed by atoms with van der Waals surface area (Å²) in [6.07, 6.45) is 3.85. The molecule has 2 heterocycles. The molecule has 2 bridgehead atoms. The zero-order valence-electron chi connectivity index (χ0n) is 15.1. The summed E-state index contributed by atoms with van der Waals surface area (Å²) in [5.41, 5.74) is -0.622. The van der Waals surface area contributed by atoms with Crippen molar-refractivity contribution in [3.8, 4) is 0 Å². The number of Topliss-reactive ketones (excluding diaryl/α,β-unsaturated/α-hetero) is 1. The first-order valence-electron chi connectivity index (χ1n) is 8.84. The first kappa shape index (κ1) is 16.1. The maximum Gasteiger partial charge on any atom is 0.336 e. The number of ether oxygens (including phenoxy) is 2. The van der Waals surface area contributed by atoms with Gasteiger partial charge in [0.2, 0.25) is 0 Å². The van der Waals surface area contributed by atoms with Crippen molar-refractivity contribution in [1.82, 2.24) is 0 Å². The highest BCUT2D eigenvalue weighted by molar-refractivity contribution is 5.93. The molecule has 4 nitrogen and oxygen atoms in total. The number of rotatable bonds is 1. The lowest BCUT2D eigenvalue weighted by Crippen LogP contribution is -2.50. The molecular weight excluding hydrogens is 304 g/mol. The van der Waals surface area contributed by atoms with E-state index in [0.29, 0.717) is 5.57 Å². The quantitative estimate of drug-likeness (QED) is 0.421. The number of allylic oxidation sites excluding steroid dienone is 2. The van der Waals surface area contributed by atoms with Gasteiger partial charge in [-0.15, -0.1) is 6.58 Å². The monoisotopic (exact) mass is 330 g/mol. The van der Waals surface area contributed by atoms with Crippen LogP contribution in [0.25, 0.3) is 0 Å². The maximum atomic E-state index is 13.2. The molecule has 0 N–H and O–H groups in total. The molecule has 0 spiro atoms. The van der Waals surface area contributed by atoms with Crippen LogP contribution in [-0.4, -0.2) is 29.6 Å². The van der Waals surface area contributed by atoms with Gasteiger partial charge in [0.05, 0.1) is 11.2 Å². The van der Waals surface area contributed by atoms with Gasteiger partial charge in [-0.2, -0.15) is 0 Å². The van der Waals surface area contributed by atoms with E-state index in [2.05, 4.69) is 13.5 Å². The van der Waals surface area contributed by atoms with Gasteiger partial charge in [-0.3, -0.25) is 4.79 Å². The summed E-state index contributed by atoms with van der Waals surface area (Å²) in [4.78, 5) is 25.4. The second-order valence-electron chi connectivity index (χ2n) is 8.88. The maximum absolute atomic E-state index is 13.2. The Balaban J connectivity index is 1.89. The third kappa shape index (κ3) is 1.50. The van der Waals surface area contributed by atoms with Gasteiger partial charge >= 0.3 is 5.97 Å². The predicted octanol–water partition coefficient (Wildman–Crippen LogP) is 3.07. The van der Waals surface area contributed by atoms with Gasteiger partial charge in [-0.05, 0) is 31.6 Å². The average molecular weight is 330 g/mol. The van der Waals surface area contributed by atoms with Crippen LogP contribution in [-0.2, 0) is 19.1 Å². The van der Waals surface area contributed by atoms with Crippen LogP contribution >= 0.6 is 0 Å². The van der Waals surface area contributed by atoms with E-state index in [1.807, 2.05) is 33.8 Å². The highest BCUT2D eigenvalue weighted by Crippen LogP contribution is 2.71. The van der Waals surface area contributed by atoms with E-state index < -0.39 is 11.0 Å². The number of hydrogen-bond donors (Lipinski definition) is 0. The van der Waals surface area contributed by atoms with Crippen molar-refractivity contribution in [2.24, 2.45) is 28.6 Å². The van der Waals surface area contributed by atoms with Crippen molar-refractivity contribution < 1.29 is 19.1 Å². The first-order chi connectivity index (χ1) is 11.1. The number of fused-ring (bicyclic) bond motifs is 7. The van der Waals surface area contributed by atoms with Gasteiger partial charge in [0.25, 0.3) is 0 Å². The number of carbonyl (C=O) groups excluding carboxylic acids is 2. The summed E-state index contributed by atoms with van der Waals surface area (Å²) in [5, 5.41) is 0. The van der Waals surface area contributed by atoms with Crippen LogP contribution in [0.4, 0.5) is 0 Å². The Morgan fingerprint density at radius 3 is 2.46 bits per heavy atom. The fourth-order valence-electron chi connectivity index (χ4n) is 6.64. The van der Waals surface area contributed by atoms with Crippen molar-refractivity contribution >= 4 is 11.8 Å². The molecule has 2 saturated carbocycles. The van der Waals surface area contributed by atoms with Crippen molar-refractivity contribution in [2.75, 3.05) is 0 Å². The average Bonchev–Trinajstić information content (AvgIpc) is 3.00. The van der Waals surface area contributed by atoms with Gasteiger partial charge in [-0.25, -0.2) is 4.79 Å². The first-order valence-corrected chi connectivity index (χ1v) is 8.84. The lowest BCUT2D eigenvalue weighted by molar-refractivity contribution is -0.148. The minimum atomic E-state index is -0.578. The number of carbonyl (C=O) groups is 2. The van der Waals surface area contributed by atoms with Gasteiger partial charge in [0.1, 0.15) is 18.0 Å². The molecule has 4 aliphatic rings. The zero-order chi connectivity index (χ0) is 17.7.